The van der Waals surface area contributed by atoms with E-state index in [1.165, 1.54) is 27.5 Å². The van der Waals surface area contributed by atoms with Crippen LogP contribution in [0.4, 0.5) is 16.2 Å². The second-order valence-corrected chi connectivity index (χ2v) is 7.59. The van der Waals surface area contributed by atoms with Crippen LogP contribution in [0.1, 0.15) is 5.56 Å². The van der Waals surface area contributed by atoms with E-state index in [4.69, 9.17) is 30.5 Å². The van der Waals surface area contributed by atoms with Crippen molar-refractivity contribution in [2.75, 3.05) is 38.6 Å². The van der Waals surface area contributed by atoms with Gasteiger partial charge in [-0.1, -0.05) is 11.6 Å². The molecular formula is C25H25ClN4O6. The third kappa shape index (κ3) is 7.54. The molecule has 36 heavy (non-hydrogen) atoms. The minimum absolute atomic E-state index is 0.254. The van der Waals surface area contributed by atoms with Gasteiger partial charge in [0.05, 0.1) is 27.5 Å². The lowest BCUT2D eigenvalue weighted by molar-refractivity contribution is -0.123. The fraction of sp³-hybridized carbons (Fsp3) is 0.160. The number of ether oxygens (including phenoxy) is 4. The van der Waals surface area contributed by atoms with Crippen LogP contribution in [0.2, 0.25) is 5.02 Å². The van der Waals surface area contributed by atoms with Crippen LogP contribution in [-0.2, 0) is 4.79 Å². The number of amides is 3. The Morgan fingerprint density at radius 3 is 1.94 bits per heavy atom. The number of hydrogen-bond acceptors (Lipinski definition) is 7. The van der Waals surface area contributed by atoms with Gasteiger partial charge in [-0.2, -0.15) is 5.10 Å². The molecule has 0 atom stereocenters. The molecule has 0 aromatic heterocycles. The second-order valence-electron chi connectivity index (χ2n) is 7.15. The number of anilines is 2. The largest absolute Gasteiger partial charge is 0.493 e. The van der Waals surface area contributed by atoms with Gasteiger partial charge < -0.3 is 29.6 Å². The van der Waals surface area contributed by atoms with E-state index in [-0.39, 0.29) is 6.61 Å². The van der Waals surface area contributed by atoms with Gasteiger partial charge >= 0.3 is 6.03 Å². The number of hydrogen-bond donors (Lipinski definition) is 3. The van der Waals surface area contributed by atoms with Gasteiger partial charge in [0.1, 0.15) is 5.75 Å². The van der Waals surface area contributed by atoms with Gasteiger partial charge in [-0.15, -0.1) is 0 Å². The van der Waals surface area contributed by atoms with Gasteiger partial charge in [0, 0.05) is 22.0 Å². The summed E-state index contributed by atoms with van der Waals surface area (Å²) in [6.45, 7) is -0.254. The Morgan fingerprint density at radius 1 is 0.861 bits per heavy atom. The third-order valence-corrected chi connectivity index (χ3v) is 4.93. The molecule has 0 radical (unpaired) electrons. The van der Waals surface area contributed by atoms with Crippen molar-refractivity contribution in [2.24, 2.45) is 5.10 Å². The average Bonchev–Trinajstić information content (AvgIpc) is 2.89. The molecule has 0 aliphatic heterocycles. The average molecular weight is 513 g/mol. The van der Waals surface area contributed by atoms with Crippen molar-refractivity contribution in [3.63, 3.8) is 0 Å². The SMILES string of the molecule is COc1cc(/C=N/NC(=O)COc2ccc(NC(=O)Nc3ccc(Cl)cc3)cc2)cc(OC)c1OC. The van der Waals surface area contributed by atoms with E-state index in [0.29, 0.717) is 45.0 Å². The summed E-state index contributed by atoms with van der Waals surface area (Å²) in [6, 6.07) is 16.3. The molecule has 188 valence electrons. The molecule has 3 amide bonds. The van der Waals surface area contributed by atoms with Gasteiger partial charge in [0.15, 0.2) is 18.1 Å². The van der Waals surface area contributed by atoms with Crippen molar-refractivity contribution in [3.8, 4) is 23.0 Å². The summed E-state index contributed by atoms with van der Waals surface area (Å²) in [5.74, 6) is 1.38. The van der Waals surface area contributed by atoms with Crippen molar-refractivity contribution in [3.05, 3.63) is 71.2 Å². The molecule has 0 spiro atoms. The Balaban J connectivity index is 1.46. The molecule has 0 aliphatic carbocycles. The van der Waals surface area contributed by atoms with Crippen LogP contribution in [0.3, 0.4) is 0 Å². The van der Waals surface area contributed by atoms with E-state index in [2.05, 4.69) is 21.2 Å². The Morgan fingerprint density at radius 2 is 1.42 bits per heavy atom. The summed E-state index contributed by atoms with van der Waals surface area (Å²) in [6.07, 6.45) is 1.44. The molecule has 10 nitrogen and oxygen atoms in total. The van der Waals surface area contributed by atoms with Gasteiger partial charge in [0.2, 0.25) is 5.75 Å². The molecule has 3 aromatic rings. The highest BCUT2D eigenvalue weighted by molar-refractivity contribution is 6.30. The number of halogens is 1. The minimum Gasteiger partial charge on any atom is -0.493 e. The highest BCUT2D eigenvalue weighted by Gasteiger charge is 2.12. The highest BCUT2D eigenvalue weighted by Crippen LogP contribution is 2.37. The normalized spacial score (nSPS) is 10.4. The quantitative estimate of drug-likeness (QED) is 0.271. The first kappa shape index (κ1) is 26.2. The zero-order valence-electron chi connectivity index (χ0n) is 19.8. The molecule has 0 unspecified atom stereocenters. The lowest BCUT2D eigenvalue weighted by Gasteiger charge is -2.12. The van der Waals surface area contributed by atoms with Crippen molar-refractivity contribution >= 4 is 41.1 Å². The lowest BCUT2D eigenvalue weighted by atomic mass is 10.2. The number of urea groups is 1. The maximum atomic E-state index is 12.1. The van der Waals surface area contributed by atoms with Crippen molar-refractivity contribution in [1.82, 2.24) is 5.43 Å². The first-order valence-corrected chi connectivity index (χ1v) is 11.0. The monoisotopic (exact) mass is 512 g/mol. The molecule has 0 fully saturated rings. The van der Waals surface area contributed by atoms with E-state index in [0.717, 1.165) is 0 Å². The van der Waals surface area contributed by atoms with E-state index in [1.807, 2.05) is 0 Å². The standard InChI is InChI=1S/C25H25ClN4O6/c1-33-21-12-16(13-22(34-2)24(21)35-3)14-27-30-23(31)15-36-20-10-8-19(9-11-20)29-25(32)28-18-6-4-17(26)5-7-18/h4-14H,15H2,1-3H3,(H,30,31)(H2,28,29,32)/b27-14+. The maximum absolute atomic E-state index is 12.1. The maximum Gasteiger partial charge on any atom is 0.323 e. The number of nitrogens with zero attached hydrogens (tertiary/aromatic N) is 1. The Bertz CT molecular complexity index is 1190. The Kier molecular flexibility index (Phi) is 9.35. The van der Waals surface area contributed by atoms with Crippen molar-refractivity contribution in [1.29, 1.82) is 0 Å². The number of nitrogens with one attached hydrogen (secondary N) is 3. The van der Waals surface area contributed by atoms with Crippen LogP contribution in [0, 0.1) is 0 Å². The topological polar surface area (TPSA) is 120 Å². The zero-order chi connectivity index (χ0) is 25.9. The number of carbonyl (C=O) groups excluding carboxylic acids is 2. The van der Waals surface area contributed by atoms with E-state index < -0.39 is 11.9 Å². The first-order chi connectivity index (χ1) is 17.4. The third-order valence-electron chi connectivity index (χ3n) is 4.67. The van der Waals surface area contributed by atoms with Crippen molar-refractivity contribution < 1.29 is 28.5 Å². The van der Waals surface area contributed by atoms with Crippen LogP contribution < -0.4 is 35.0 Å². The zero-order valence-corrected chi connectivity index (χ0v) is 20.6. The van der Waals surface area contributed by atoms with Gasteiger partial charge in [-0.3, -0.25) is 4.79 Å². The van der Waals surface area contributed by atoms with Crippen molar-refractivity contribution in [2.45, 2.75) is 0 Å². The molecule has 3 rings (SSSR count). The number of hydrazone groups is 1. The summed E-state index contributed by atoms with van der Waals surface area (Å²) >= 11 is 5.83. The molecular weight excluding hydrogens is 488 g/mol. The number of carbonyl (C=O) groups is 2. The fourth-order valence-corrected chi connectivity index (χ4v) is 3.12. The van der Waals surface area contributed by atoms with E-state index in [9.17, 15) is 9.59 Å². The molecule has 0 bridgehead atoms. The highest BCUT2D eigenvalue weighted by atomic mass is 35.5. The predicted molar refractivity (Wildman–Crippen MR) is 138 cm³/mol. The van der Waals surface area contributed by atoms with Gasteiger partial charge in [0.25, 0.3) is 5.91 Å². The van der Waals surface area contributed by atoms with E-state index in [1.54, 1.807) is 60.7 Å². The van der Waals surface area contributed by atoms with Gasteiger partial charge in [-0.05, 0) is 60.7 Å². The minimum atomic E-state index is -0.455. The molecule has 11 heteroatoms. The lowest BCUT2D eigenvalue weighted by Crippen LogP contribution is -2.24. The summed E-state index contributed by atoms with van der Waals surface area (Å²) < 4.78 is 21.3. The summed E-state index contributed by atoms with van der Waals surface area (Å²) in [7, 11) is 4.53. The smallest absolute Gasteiger partial charge is 0.323 e. The van der Waals surface area contributed by atoms with Crippen LogP contribution >= 0.6 is 11.6 Å². The second kappa shape index (κ2) is 12.9. The first-order valence-electron chi connectivity index (χ1n) is 10.6. The Labute approximate surface area is 213 Å². The van der Waals surface area contributed by atoms with Gasteiger partial charge in [-0.25, -0.2) is 10.2 Å². The molecule has 0 aliphatic rings. The summed E-state index contributed by atoms with van der Waals surface area (Å²) in [5, 5.41) is 9.90. The van der Waals surface area contributed by atoms with Crippen LogP contribution in [0.15, 0.2) is 65.8 Å². The van der Waals surface area contributed by atoms with Crippen LogP contribution in [0.5, 0.6) is 23.0 Å². The predicted octanol–water partition coefficient (Wildman–Crippen LogP) is 4.54. The fourth-order valence-electron chi connectivity index (χ4n) is 3.00. The molecule has 0 saturated carbocycles. The molecule has 3 aromatic carbocycles. The number of benzene rings is 3. The molecule has 0 heterocycles. The van der Waals surface area contributed by atoms with Crippen LogP contribution in [-0.4, -0.2) is 46.1 Å². The van der Waals surface area contributed by atoms with Crippen LogP contribution in [0.25, 0.3) is 0 Å². The molecule has 3 N–H and O–H groups in total. The van der Waals surface area contributed by atoms with E-state index >= 15 is 0 Å². The number of methoxy groups -OCH3 is 3. The summed E-state index contributed by atoms with van der Waals surface area (Å²) in [5.41, 5.74) is 4.18. The Hall–Kier alpha value is -4.44. The molecule has 0 saturated heterocycles. The number of rotatable bonds is 10. The summed E-state index contributed by atoms with van der Waals surface area (Å²) in [4.78, 5) is 24.2.